The fraction of sp³-hybridized carbons (Fsp3) is 0.500. The summed E-state index contributed by atoms with van der Waals surface area (Å²) < 4.78 is 9.63. The standard InChI is InChI=1S/C10H14N2O4/c1-3-15-9(13)8-7-11-5-6-12(8)10(14)16-4-2/h5,7H,3-4,6H2,1-2H3. The summed E-state index contributed by atoms with van der Waals surface area (Å²) in [7, 11) is 0. The molecule has 0 aliphatic carbocycles. The van der Waals surface area contributed by atoms with Gasteiger partial charge in [-0.25, -0.2) is 9.59 Å². The maximum absolute atomic E-state index is 11.5. The number of nitrogens with zero attached hydrogens (tertiary/aromatic N) is 2. The summed E-state index contributed by atoms with van der Waals surface area (Å²) in [5.41, 5.74) is 0.0998. The molecule has 0 saturated heterocycles. The van der Waals surface area contributed by atoms with Crippen molar-refractivity contribution in [1.29, 1.82) is 0 Å². The Morgan fingerprint density at radius 3 is 2.69 bits per heavy atom. The second kappa shape index (κ2) is 5.89. The third-order valence-electron chi connectivity index (χ3n) is 1.83. The molecule has 0 fully saturated rings. The van der Waals surface area contributed by atoms with Gasteiger partial charge in [0.05, 0.1) is 26.0 Å². The highest BCUT2D eigenvalue weighted by molar-refractivity contribution is 5.94. The predicted molar refractivity (Wildman–Crippen MR) is 56.9 cm³/mol. The molecule has 0 spiro atoms. The number of rotatable bonds is 3. The van der Waals surface area contributed by atoms with Crippen molar-refractivity contribution in [2.24, 2.45) is 4.99 Å². The highest BCUT2D eigenvalue weighted by atomic mass is 16.6. The van der Waals surface area contributed by atoms with Crippen LogP contribution in [0.15, 0.2) is 16.9 Å². The molecule has 1 rings (SSSR count). The quantitative estimate of drug-likeness (QED) is 0.671. The van der Waals surface area contributed by atoms with E-state index < -0.39 is 12.1 Å². The van der Waals surface area contributed by atoms with E-state index >= 15 is 0 Å². The zero-order chi connectivity index (χ0) is 12.0. The predicted octanol–water partition coefficient (Wildman–Crippen LogP) is 0.934. The summed E-state index contributed by atoms with van der Waals surface area (Å²) in [4.78, 5) is 28.0. The molecule has 1 amide bonds. The number of amides is 1. The Bertz CT molecular complexity index is 336. The number of carbonyl (C=O) groups is 2. The van der Waals surface area contributed by atoms with Crippen LogP contribution in [0.5, 0.6) is 0 Å². The van der Waals surface area contributed by atoms with Crippen LogP contribution in [0.3, 0.4) is 0 Å². The lowest BCUT2D eigenvalue weighted by Gasteiger charge is -2.22. The van der Waals surface area contributed by atoms with Gasteiger partial charge >= 0.3 is 12.1 Å². The molecule has 0 bridgehead atoms. The summed E-state index contributed by atoms with van der Waals surface area (Å²) in [6.07, 6.45) is 2.23. The van der Waals surface area contributed by atoms with Gasteiger partial charge in [-0.15, -0.1) is 0 Å². The smallest absolute Gasteiger partial charge is 0.414 e. The van der Waals surface area contributed by atoms with E-state index in [1.165, 1.54) is 17.3 Å². The molecule has 16 heavy (non-hydrogen) atoms. The van der Waals surface area contributed by atoms with Crippen molar-refractivity contribution >= 4 is 18.3 Å². The zero-order valence-electron chi connectivity index (χ0n) is 9.30. The first-order valence-corrected chi connectivity index (χ1v) is 5.03. The molecule has 6 heteroatoms. The Labute approximate surface area is 93.5 Å². The fourth-order valence-corrected chi connectivity index (χ4v) is 1.16. The van der Waals surface area contributed by atoms with E-state index in [0.29, 0.717) is 0 Å². The normalized spacial score (nSPS) is 14.4. The lowest BCUT2D eigenvalue weighted by atomic mass is 10.3. The van der Waals surface area contributed by atoms with Gasteiger partial charge in [0, 0.05) is 6.21 Å². The third-order valence-corrected chi connectivity index (χ3v) is 1.83. The minimum atomic E-state index is -0.576. The number of hydrogen-bond acceptors (Lipinski definition) is 5. The molecule has 1 aliphatic rings. The average molecular weight is 226 g/mol. The second-order valence-electron chi connectivity index (χ2n) is 2.88. The topological polar surface area (TPSA) is 68.2 Å². The average Bonchev–Trinajstić information content (AvgIpc) is 2.30. The van der Waals surface area contributed by atoms with Crippen LogP contribution >= 0.6 is 0 Å². The molecule has 0 unspecified atom stereocenters. The van der Waals surface area contributed by atoms with E-state index in [0.717, 1.165) is 0 Å². The van der Waals surface area contributed by atoms with Crippen LogP contribution in [0.1, 0.15) is 13.8 Å². The first kappa shape index (κ1) is 12.2. The van der Waals surface area contributed by atoms with Crippen molar-refractivity contribution in [2.75, 3.05) is 19.8 Å². The van der Waals surface area contributed by atoms with Crippen LogP contribution < -0.4 is 0 Å². The fourth-order valence-electron chi connectivity index (χ4n) is 1.16. The summed E-state index contributed by atoms with van der Waals surface area (Å²) in [5, 5.41) is 0. The van der Waals surface area contributed by atoms with Crippen LogP contribution in [-0.2, 0) is 14.3 Å². The molecule has 6 nitrogen and oxygen atoms in total. The molecule has 88 valence electrons. The van der Waals surface area contributed by atoms with Gasteiger partial charge in [-0.3, -0.25) is 9.89 Å². The van der Waals surface area contributed by atoms with E-state index in [-0.39, 0.29) is 25.5 Å². The van der Waals surface area contributed by atoms with E-state index in [4.69, 9.17) is 9.47 Å². The highest BCUT2D eigenvalue weighted by Gasteiger charge is 2.26. The molecule has 0 aromatic heterocycles. The molecule has 0 radical (unpaired) electrons. The summed E-state index contributed by atoms with van der Waals surface area (Å²) in [6.45, 7) is 4.10. The number of aliphatic imine (C=N–C) groups is 1. The van der Waals surface area contributed by atoms with Gasteiger partial charge < -0.3 is 9.47 Å². The minimum absolute atomic E-state index is 0.0998. The Morgan fingerprint density at radius 2 is 2.06 bits per heavy atom. The summed E-state index contributed by atoms with van der Waals surface area (Å²) in [5.74, 6) is -0.576. The lowest BCUT2D eigenvalue weighted by molar-refractivity contribution is -0.140. The van der Waals surface area contributed by atoms with Crippen molar-refractivity contribution in [3.05, 3.63) is 11.9 Å². The molecule has 0 N–H and O–H groups in total. The molecule has 1 aliphatic heterocycles. The number of esters is 1. The molecular formula is C10H14N2O4. The van der Waals surface area contributed by atoms with Gasteiger partial charge in [0.15, 0.2) is 5.70 Å². The number of carbonyl (C=O) groups excluding carboxylic acids is 2. The summed E-state index contributed by atoms with van der Waals surface area (Å²) >= 11 is 0. The monoisotopic (exact) mass is 226 g/mol. The van der Waals surface area contributed by atoms with Crippen LogP contribution in [0, 0.1) is 0 Å². The van der Waals surface area contributed by atoms with Gasteiger partial charge in [0.2, 0.25) is 0 Å². The van der Waals surface area contributed by atoms with Gasteiger partial charge in [0.1, 0.15) is 0 Å². The van der Waals surface area contributed by atoms with Crippen molar-refractivity contribution < 1.29 is 19.1 Å². The lowest BCUT2D eigenvalue weighted by Crippen LogP contribution is -2.37. The van der Waals surface area contributed by atoms with Crippen molar-refractivity contribution in [2.45, 2.75) is 13.8 Å². The van der Waals surface area contributed by atoms with Crippen LogP contribution in [0.25, 0.3) is 0 Å². The molecular weight excluding hydrogens is 212 g/mol. The van der Waals surface area contributed by atoms with Crippen molar-refractivity contribution in [3.8, 4) is 0 Å². The Hall–Kier alpha value is -1.85. The Balaban J connectivity index is 2.77. The van der Waals surface area contributed by atoms with Crippen molar-refractivity contribution in [3.63, 3.8) is 0 Å². The Morgan fingerprint density at radius 1 is 1.38 bits per heavy atom. The SMILES string of the molecule is CCOC(=O)C1=CN=CCN1C(=O)OCC. The van der Waals surface area contributed by atoms with Gasteiger partial charge in [-0.1, -0.05) is 0 Å². The van der Waals surface area contributed by atoms with Crippen LogP contribution in [0.2, 0.25) is 0 Å². The maximum atomic E-state index is 11.5. The van der Waals surface area contributed by atoms with Gasteiger partial charge in [-0.05, 0) is 13.8 Å². The minimum Gasteiger partial charge on any atom is -0.461 e. The van der Waals surface area contributed by atoms with Crippen LogP contribution in [0.4, 0.5) is 4.79 Å². The third kappa shape index (κ3) is 2.82. The van der Waals surface area contributed by atoms with Crippen molar-refractivity contribution in [1.82, 2.24) is 4.90 Å². The second-order valence-corrected chi connectivity index (χ2v) is 2.88. The molecule has 0 aromatic carbocycles. The van der Waals surface area contributed by atoms with E-state index in [1.54, 1.807) is 13.8 Å². The van der Waals surface area contributed by atoms with E-state index in [9.17, 15) is 9.59 Å². The largest absolute Gasteiger partial charge is 0.461 e. The molecule has 1 heterocycles. The first-order chi connectivity index (χ1) is 7.70. The number of hydrogen-bond donors (Lipinski definition) is 0. The highest BCUT2D eigenvalue weighted by Crippen LogP contribution is 2.11. The zero-order valence-corrected chi connectivity index (χ0v) is 9.30. The van der Waals surface area contributed by atoms with Crippen LogP contribution in [-0.4, -0.2) is 42.9 Å². The van der Waals surface area contributed by atoms with Gasteiger partial charge in [-0.2, -0.15) is 0 Å². The molecule has 0 aromatic rings. The Kier molecular flexibility index (Phi) is 4.50. The number of ether oxygens (including phenoxy) is 2. The summed E-state index contributed by atoms with van der Waals surface area (Å²) in [6, 6.07) is 0. The molecule has 0 saturated carbocycles. The van der Waals surface area contributed by atoms with E-state index in [2.05, 4.69) is 4.99 Å². The van der Waals surface area contributed by atoms with E-state index in [1.807, 2.05) is 0 Å². The first-order valence-electron chi connectivity index (χ1n) is 5.03. The maximum Gasteiger partial charge on any atom is 0.414 e. The van der Waals surface area contributed by atoms with Gasteiger partial charge in [0.25, 0.3) is 0 Å². The molecule has 0 atom stereocenters.